The van der Waals surface area contributed by atoms with Crippen LogP contribution in [-0.4, -0.2) is 58.8 Å². The maximum Gasteiger partial charge on any atom is 0.255 e. The molecular weight excluding hydrogens is 538 g/mol. The van der Waals surface area contributed by atoms with E-state index >= 15 is 0 Å². The summed E-state index contributed by atoms with van der Waals surface area (Å²) >= 11 is 0. The number of rotatable bonds is 12. The van der Waals surface area contributed by atoms with E-state index in [1.165, 1.54) is 5.01 Å². The van der Waals surface area contributed by atoms with Crippen molar-refractivity contribution in [2.24, 2.45) is 18.6 Å². The van der Waals surface area contributed by atoms with E-state index < -0.39 is 5.41 Å². The number of amides is 1. The minimum atomic E-state index is -0.732. The fourth-order valence-corrected chi connectivity index (χ4v) is 4.71. The molecule has 230 valence electrons. The summed E-state index contributed by atoms with van der Waals surface area (Å²) in [4.78, 5) is 18.2. The quantitative estimate of drug-likeness (QED) is 0.244. The first-order valence-corrected chi connectivity index (χ1v) is 14.7. The summed E-state index contributed by atoms with van der Waals surface area (Å²) in [7, 11) is 3.95. The Hall–Kier alpha value is -4.33. The van der Waals surface area contributed by atoms with Crippen LogP contribution in [0.1, 0.15) is 57.9 Å². The van der Waals surface area contributed by atoms with Crippen LogP contribution in [0, 0.1) is 18.3 Å². The molecule has 5 N–H and O–H groups in total. The van der Waals surface area contributed by atoms with E-state index in [1.807, 2.05) is 59.0 Å². The van der Waals surface area contributed by atoms with Crippen molar-refractivity contribution in [3.63, 3.8) is 0 Å². The molecule has 0 saturated carbocycles. The lowest BCUT2D eigenvalue weighted by atomic mass is 9.85. The van der Waals surface area contributed by atoms with Gasteiger partial charge in [-0.25, -0.2) is 5.84 Å². The number of carbonyl (C=O) groups is 1. The topological polar surface area (TPSA) is 132 Å². The molecule has 1 amide bonds. The number of hydrogen-bond acceptors (Lipinski definition) is 8. The molecule has 3 rings (SSSR count). The SMILES string of the molecule is CCN(C)CCN(CC)c1cc(NC(=O)C2=CCC=C(C)C(N(N)/C=C(\N)c3cnn(C)c3C)=C2)cc(C(C)(C)C#N)c1. The number of benzene rings is 1. The van der Waals surface area contributed by atoms with Crippen LogP contribution in [0.2, 0.25) is 0 Å². The lowest BCUT2D eigenvalue weighted by molar-refractivity contribution is -0.112. The van der Waals surface area contributed by atoms with E-state index in [0.29, 0.717) is 29.1 Å². The molecular formula is C33H47N9O. The number of nitrogens with one attached hydrogen (secondary N) is 1. The molecule has 0 radical (unpaired) electrons. The smallest absolute Gasteiger partial charge is 0.255 e. The predicted molar refractivity (Wildman–Crippen MR) is 175 cm³/mol. The predicted octanol–water partition coefficient (Wildman–Crippen LogP) is 4.54. The average Bonchev–Trinajstić information content (AvgIpc) is 3.18. The number of aryl methyl sites for hydroxylation is 1. The summed E-state index contributed by atoms with van der Waals surface area (Å²) < 4.78 is 1.75. The number of anilines is 2. The van der Waals surface area contributed by atoms with Gasteiger partial charge in [0, 0.05) is 61.1 Å². The first-order valence-electron chi connectivity index (χ1n) is 14.7. The summed E-state index contributed by atoms with van der Waals surface area (Å²) in [6.45, 7) is 15.4. The molecule has 0 unspecified atom stereocenters. The van der Waals surface area contributed by atoms with Crippen molar-refractivity contribution in [2.75, 3.05) is 43.4 Å². The summed E-state index contributed by atoms with van der Waals surface area (Å²) in [5.41, 5.74) is 12.3. The van der Waals surface area contributed by atoms with Crippen LogP contribution in [0.4, 0.5) is 11.4 Å². The van der Waals surface area contributed by atoms with Crippen molar-refractivity contribution in [1.82, 2.24) is 19.7 Å². The molecule has 43 heavy (non-hydrogen) atoms. The highest BCUT2D eigenvalue weighted by Crippen LogP contribution is 2.31. The van der Waals surface area contributed by atoms with Gasteiger partial charge in [-0.3, -0.25) is 14.5 Å². The zero-order valence-electron chi connectivity index (χ0n) is 26.9. The third kappa shape index (κ3) is 8.15. The van der Waals surface area contributed by atoms with Gasteiger partial charge in [0.2, 0.25) is 0 Å². The van der Waals surface area contributed by atoms with Gasteiger partial charge in [-0.05, 0) is 90.0 Å². The molecule has 10 heteroatoms. The van der Waals surface area contributed by atoms with E-state index in [2.05, 4.69) is 53.2 Å². The minimum Gasteiger partial charge on any atom is -0.397 e. The van der Waals surface area contributed by atoms with Gasteiger partial charge in [0.15, 0.2) is 0 Å². The molecule has 0 fully saturated rings. The maximum atomic E-state index is 13.7. The van der Waals surface area contributed by atoms with Crippen molar-refractivity contribution in [2.45, 2.75) is 53.4 Å². The van der Waals surface area contributed by atoms with Crippen molar-refractivity contribution >= 4 is 23.0 Å². The van der Waals surface area contributed by atoms with Crippen molar-refractivity contribution < 1.29 is 4.79 Å². The Morgan fingerprint density at radius 3 is 2.51 bits per heavy atom. The van der Waals surface area contributed by atoms with Gasteiger partial charge in [-0.1, -0.05) is 19.1 Å². The summed E-state index contributed by atoms with van der Waals surface area (Å²) in [5.74, 6) is 6.21. The highest BCUT2D eigenvalue weighted by atomic mass is 16.1. The molecule has 0 bridgehead atoms. The van der Waals surface area contributed by atoms with Gasteiger partial charge >= 0.3 is 0 Å². The molecule has 1 heterocycles. The summed E-state index contributed by atoms with van der Waals surface area (Å²) in [6.07, 6.45) is 9.59. The lowest BCUT2D eigenvalue weighted by Gasteiger charge is -2.28. The molecule has 0 saturated heterocycles. The van der Waals surface area contributed by atoms with Crippen LogP contribution >= 0.6 is 0 Å². The first kappa shape index (κ1) is 33.2. The second-order valence-corrected chi connectivity index (χ2v) is 11.5. The van der Waals surface area contributed by atoms with Crippen molar-refractivity contribution in [3.05, 3.63) is 82.5 Å². The Labute approximate surface area is 256 Å². The molecule has 1 aromatic carbocycles. The van der Waals surface area contributed by atoms with Gasteiger partial charge in [0.05, 0.1) is 29.1 Å². The molecule has 2 aromatic rings. The largest absolute Gasteiger partial charge is 0.397 e. The zero-order chi connectivity index (χ0) is 31.9. The number of allylic oxidation sites excluding steroid dienone is 3. The number of hydrogen-bond donors (Lipinski definition) is 3. The Bertz CT molecular complexity index is 1490. The average molecular weight is 586 g/mol. The van der Waals surface area contributed by atoms with E-state index in [-0.39, 0.29) is 5.91 Å². The molecule has 0 aliphatic heterocycles. The number of likely N-dealkylation sites (N-methyl/N-ethyl adjacent to an activating group) is 2. The first-order chi connectivity index (χ1) is 20.3. The number of carbonyl (C=O) groups excluding carboxylic acids is 1. The number of nitrogens with two attached hydrogens (primary N) is 2. The second kappa shape index (κ2) is 14.2. The standard InChI is InChI=1S/C33H47N9O/c1-9-39(7)14-15-41(10-2)28-18-26(33(5,6)22-34)17-27(19-28)38-32(43)25-13-11-12-23(3)31(16-25)42(36)21-30(35)29-20-37-40(8)24(29)4/h12-13,16-21H,9-11,14-15,35-36H2,1-8H3,(H,38,43)/b30-21-. The molecule has 0 atom stereocenters. The second-order valence-electron chi connectivity index (χ2n) is 11.5. The van der Waals surface area contributed by atoms with E-state index in [4.69, 9.17) is 11.6 Å². The molecule has 10 nitrogen and oxygen atoms in total. The van der Waals surface area contributed by atoms with E-state index in [1.54, 1.807) is 23.2 Å². The zero-order valence-corrected chi connectivity index (χ0v) is 26.9. The Morgan fingerprint density at radius 2 is 1.91 bits per heavy atom. The van der Waals surface area contributed by atoms with Gasteiger partial charge in [-0.15, -0.1) is 0 Å². The lowest BCUT2D eigenvalue weighted by Crippen LogP contribution is -2.33. The molecule has 1 aliphatic carbocycles. The van der Waals surface area contributed by atoms with Gasteiger partial charge in [0.25, 0.3) is 5.91 Å². The third-order valence-electron chi connectivity index (χ3n) is 8.04. The van der Waals surface area contributed by atoms with Crippen LogP contribution in [-0.2, 0) is 17.3 Å². The number of aromatic nitrogens is 2. The Morgan fingerprint density at radius 1 is 1.19 bits per heavy atom. The van der Waals surface area contributed by atoms with Crippen LogP contribution in [0.25, 0.3) is 5.70 Å². The summed E-state index contributed by atoms with van der Waals surface area (Å²) in [5, 5.41) is 18.7. The van der Waals surface area contributed by atoms with Gasteiger partial charge < -0.3 is 20.9 Å². The molecule has 0 spiro atoms. The molecule has 1 aliphatic rings. The number of nitriles is 1. The van der Waals surface area contributed by atoms with Crippen LogP contribution < -0.4 is 21.8 Å². The fourth-order valence-electron chi connectivity index (χ4n) is 4.71. The van der Waals surface area contributed by atoms with Gasteiger partial charge in [-0.2, -0.15) is 10.4 Å². The normalized spacial score (nSPS) is 14.0. The number of nitrogens with zero attached hydrogens (tertiary/aromatic N) is 6. The fraction of sp³-hybridized carbons (Fsp3) is 0.424. The highest BCUT2D eigenvalue weighted by Gasteiger charge is 2.23. The van der Waals surface area contributed by atoms with E-state index in [0.717, 1.165) is 54.3 Å². The maximum absolute atomic E-state index is 13.7. The van der Waals surface area contributed by atoms with Crippen molar-refractivity contribution in [3.8, 4) is 6.07 Å². The highest BCUT2D eigenvalue weighted by molar-refractivity contribution is 6.06. The van der Waals surface area contributed by atoms with Crippen LogP contribution in [0.3, 0.4) is 0 Å². The third-order valence-corrected chi connectivity index (χ3v) is 8.04. The van der Waals surface area contributed by atoms with Gasteiger partial charge in [0.1, 0.15) is 0 Å². The van der Waals surface area contributed by atoms with E-state index in [9.17, 15) is 10.1 Å². The minimum absolute atomic E-state index is 0.263. The Kier molecular flexibility index (Phi) is 11.0. The monoisotopic (exact) mass is 585 g/mol. The Balaban J connectivity index is 1.93. The molecule has 1 aromatic heterocycles. The van der Waals surface area contributed by atoms with Crippen LogP contribution in [0.5, 0.6) is 0 Å². The van der Waals surface area contributed by atoms with Crippen molar-refractivity contribution in [1.29, 1.82) is 5.26 Å². The summed E-state index contributed by atoms with van der Waals surface area (Å²) in [6, 6.07) is 8.32. The van der Waals surface area contributed by atoms with Crippen LogP contribution in [0.15, 0.2) is 65.7 Å². The number of hydrazine groups is 1.